The van der Waals surface area contributed by atoms with E-state index in [0.717, 1.165) is 9.80 Å². The molecule has 0 saturated carbocycles. The van der Waals surface area contributed by atoms with Crippen LogP contribution in [0.5, 0.6) is 0 Å². The molecule has 2 saturated heterocycles. The van der Waals surface area contributed by atoms with Gasteiger partial charge in [0.2, 0.25) is 53.2 Å². The molecule has 2 heterocycles. The van der Waals surface area contributed by atoms with Crippen LogP contribution in [0.4, 0.5) is 0 Å². The van der Waals surface area contributed by atoms with E-state index in [1.807, 2.05) is 0 Å². The monoisotopic (exact) mass is 729 g/mol. The van der Waals surface area contributed by atoms with Crippen molar-refractivity contribution in [3.63, 3.8) is 0 Å². The highest BCUT2D eigenvalue weighted by Gasteiger charge is 2.44. The minimum absolute atomic E-state index is 0.00120. The van der Waals surface area contributed by atoms with Crippen molar-refractivity contribution in [3.05, 3.63) is 0 Å². The Morgan fingerprint density at radius 3 is 1.45 bits per heavy atom. The lowest BCUT2D eigenvalue weighted by Crippen LogP contribution is -2.55. The number of hydrogen-bond donors (Lipinski definition) is 5. The number of rotatable bonds is 19. The average molecular weight is 730 g/mol. The third-order valence-electron chi connectivity index (χ3n) is 7.76. The van der Waals surface area contributed by atoms with Gasteiger partial charge in [-0.25, -0.2) is 0 Å². The van der Waals surface area contributed by atoms with Crippen LogP contribution in [0.25, 0.3) is 0 Å². The molecular weight excluding hydrogens is 683 g/mol. The fourth-order valence-corrected chi connectivity index (χ4v) is 6.48. The topological polar surface area (TPSA) is 229 Å². The first-order valence-electron chi connectivity index (χ1n) is 15.9. The van der Waals surface area contributed by atoms with Crippen LogP contribution in [0.15, 0.2) is 0 Å². The number of likely N-dealkylation sites (tertiary alicyclic amines) is 2. The zero-order valence-electron chi connectivity index (χ0n) is 28.8. The molecule has 6 atom stereocenters. The number of nitrogens with zero attached hydrogens (tertiary/aromatic N) is 2. The Kier molecular flexibility index (Phi) is 16.5. The second-order valence-corrected chi connectivity index (χ2v) is 13.7. The van der Waals surface area contributed by atoms with Crippen LogP contribution in [-0.2, 0) is 47.9 Å². The molecule has 2 fully saturated rings. The number of thioether (sulfide) groups is 2. The summed E-state index contributed by atoms with van der Waals surface area (Å²) in [5.41, 5.74) is 0. The van der Waals surface area contributed by atoms with Gasteiger partial charge in [-0.2, -0.15) is 23.5 Å². The Morgan fingerprint density at radius 2 is 1.10 bits per heavy atom. The van der Waals surface area contributed by atoms with E-state index >= 15 is 0 Å². The zero-order valence-corrected chi connectivity index (χ0v) is 30.4. The van der Waals surface area contributed by atoms with Gasteiger partial charge in [0.25, 0.3) is 0 Å². The van der Waals surface area contributed by atoms with Crippen LogP contribution in [-0.4, -0.2) is 130 Å². The first-order chi connectivity index (χ1) is 23.0. The molecule has 49 heavy (non-hydrogen) atoms. The summed E-state index contributed by atoms with van der Waals surface area (Å²) >= 11 is 2.44. The summed E-state index contributed by atoms with van der Waals surface area (Å²) < 4.78 is 5.20. The third-order valence-corrected chi connectivity index (χ3v) is 9.64. The van der Waals surface area contributed by atoms with E-state index in [1.54, 1.807) is 19.4 Å². The molecule has 0 spiro atoms. The molecule has 0 aromatic carbocycles. The fraction of sp³-hybridized carbons (Fsp3) is 0.700. The van der Waals surface area contributed by atoms with E-state index in [-0.39, 0.29) is 38.7 Å². The van der Waals surface area contributed by atoms with Crippen molar-refractivity contribution in [2.75, 3.05) is 25.7 Å². The predicted molar refractivity (Wildman–Crippen MR) is 180 cm³/mol. The smallest absolute Gasteiger partial charge is 0.244 e. The number of carbonyl (C=O) groups excluding carboxylic acids is 9. The van der Waals surface area contributed by atoms with Crippen LogP contribution in [0.1, 0.15) is 66.7 Å². The van der Waals surface area contributed by atoms with Crippen molar-refractivity contribution < 1.29 is 47.9 Å². The molecule has 2 aliphatic rings. The van der Waals surface area contributed by atoms with Gasteiger partial charge in [-0.1, -0.05) is 0 Å². The summed E-state index contributed by atoms with van der Waals surface area (Å²) in [6.45, 7) is 8.03. The van der Waals surface area contributed by atoms with Crippen molar-refractivity contribution in [2.24, 2.45) is 0 Å². The highest BCUT2D eigenvalue weighted by Crippen LogP contribution is 2.26. The molecule has 9 amide bonds. The number of carbonyl (C=O) groups is 9. The maximum atomic E-state index is 12.9. The first-order valence-corrected chi connectivity index (χ1v) is 18.5. The minimum Gasteiger partial charge on any atom is -0.381 e. The van der Waals surface area contributed by atoms with E-state index in [0.29, 0.717) is 6.61 Å². The van der Waals surface area contributed by atoms with Gasteiger partial charge in [-0.3, -0.25) is 53.0 Å². The largest absolute Gasteiger partial charge is 0.381 e. The highest BCUT2D eigenvalue weighted by molar-refractivity contribution is 8.00. The van der Waals surface area contributed by atoms with Gasteiger partial charge in [0.15, 0.2) is 0 Å². The highest BCUT2D eigenvalue weighted by atomic mass is 32.2. The van der Waals surface area contributed by atoms with Gasteiger partial charge >= 0.3 is 0 Å². The van der Waals surface area contributed by atoms with Crippen molar-refractivity contribution in [2.45, 2.75) is 108 Å². The first kappa shape index (κ1) is 41.5. The predicted octanol–water partition coefficient (Wildman–Crippen LogP) is -1.41. The van der Waals surface area contributed by atoms with Crippen LogP contribution in [0, 0.1) is 0 Å². The van der Waals surface area contributed by atoms with E-state index in [1.165, 1.54) is 51.2 Å². The fourth-order valence-electron chi connectivity index (χ4n) is 5.23. The molecule has 2 aliphatic heterocycles. The van der Waals surface area contributed by atoms with Crippen molar-refractivity contribution >= 4 is 76.7 Å². The summed E-state index contributed by atoms with van der Waals surface area (Å²) in [7, 11) is 0. The Bertz CT molecular complexity index is 1220. The molecule has 0 radical (unpaired) electrons. The Labute approximate surface area is 293 Å². The van der Waals surface area contributed by atoms with Gasteiger partial charge < -0.3 is 31.3 Å². The van der Waals surface area contributed by atoms with E-state index < -0.39 is 94.1 Å². The molecule has 0 aromatic heterocycles. The Hall–Kier alpha value is -3.71. The van der Waals surface area contributed by atoms with Crippen molar-refractivity contribution in [1.82, 2.24) is 36.4 Å². The molecule has 5 N–H and O–H groups in total. The van der Waals surface area contributed by atoms with Gasteiger partial charge in [0.05, 0.1) is 29.4 Å². The summed E-state index contributed by atoms with van der Waals surface area (Å²) in [6.07, 6.45) is 0.760. The maximum absolute atomic E-state index is 12.9. The summed E-state index contributed by atoms with van der Waals surface area (Å²) in [4.78, 5) is 115. The average Bonchev–Trinajstić information content (AvgIpc) is 3.47. The Morgan fingerprint density at radius 1 is 0.694 bits per heavy atom. The molecule has 6 unspecified atom stereocenters. The minimum atomic E-state index is -1.10. The van der Waals surface area contributed by atoms with Crippen molar-refractivity contribution in [1.29, 1.82) is 0 Å². The number of hydrogen-bond acceptors (Lipinski definition) is 12. The summed E-state index contributed by atoms with van der Waals surface area (Å²) in [5.74, 6) is -4.89. The molecule has 19 heteroatoms. The van der Waals surface area contributed by atoms with Gasteiger partial charge in [0.1, 0.15) is 12.1 Å². The van der Waals surface area contributed by atoms with E-state index in [2.05, 4.69) is 26.6 Å². The van der Waals surface area contributed by atoms with Crippen LogP contribution in [0.2, 0.25) is 0 Å². The van der Waals surface area contributed by atoms with Crippen LogP contribution >= 0.6 is 23.5 Å². The summed E-state index contributed by atoms with van der Waals surface area (Å²) in [5, 5.41) is 11.7. The lowest BCUT2D eigenvalue weighted by Gasteiger charge is -2.26. The normalized spacial score (nSPS) is 20.7. The molecule has 274 valence electrons. The van der Waals surface area contributed by atoms with Gasteiger partial charge in [0, 0.05) is 44.8 Å². The SMILES string of the molecule is CCOCCC(=O)NC(CC(=O)NC(C)NC(=O)C(C)N1C(=O)CC(SC)C1=O)CC(=O)NC(C)NC(=O)C(C)N1C(=O)CC(SC)C1=O. The van der Waals surface area contributed by atoms with Gasteiger partial charge in [-0.05, 0) is 47.1 Å². The molecule has 17 nitrogen and oxygen atoms in total. The quantitative estimate of drug-likeness (QED) is 0.0587. The summed E-state index contributed by atoms with van der Waals surface area (Å²) in [6, 6.07) is -3.21. The second kappa shape index (κ2) is 19.5. The zero-order chi connectivity index (χ0) is 37.0. The third kappa shape index (κ3) is 12.0. The molecule has 0 aromatic rings. The van der Waals surface area contributed by atoms with Crippen LogP contribution in [0.3, 0.4) is 0 Å². The van der Waals surface area contributed by atoms with E-state index in [4.69, 9.17) is 4.74 Å². The maximum Gasteiger partial charge on any atom is 0.244 e. The Balaban J connectivity index is 1.97. The van der Waals surface area contributed by atoms with E-state index in [9.17, 15) is 43.2 Å². The van der Waals surface area contributed by atoms with Crippen molar-refractivity contribution in [3.8, 4) is 0 Å². The lowest BCUT2D eigenvalue weighted by atomic mass is 10.1. The number of nitrogens with one attached hydrogen (secondary N) is 5. The number of amides is 9. The molecule has 2 rings (SSSR count). The van der Waals surface area contributed by atoms with Crippen LogP contribution < -0.4 is 26.6 Å². The molecular formula is C30H47N7O10S2. The number of ether oxygens (including phenoxy) is 1. The standard InChI is InChI=1S/C30H47N7O10S2/c1-8-47-10-9-22(38)35-19(11-23(39)31-17(4)33-27(43)15(2)36-25(41)13-20(48-6)29(36)45)12-24(40)32-18(5)34-28(44)16(3)37-26(42)14-21(49-7)30(37)46/h15-21H,8-14H2,1-7H3,(H,31,39)(H,32,40)(H,33,43)(H,34,44)(H,35,38). The number of imide groups is 2. The molecule has 0 bridgehead atoms. The van der Waals surface area contributed by atoms with Gasteiger partial charge in [-0.15, -0.1) is 0 Å². The molecule has 0 aliphatic carbocycles. The lowest BCUT2D eigenvalue weighted by molar-refractivity contribution is -0.146. The second-order valence-electron chi connectivity index (χ2n) is 11.6.